The van der Waals surface area contributed by atoms with E-state index in [0.717, 1.165) is 5.04 Å². The maximum atomic E-state index is 8.70. The molecule has 1 aliphatic rings. The van der Waals surface area contributed by atoms with Crippen LogP contribution in [0.2, 0.25) is 0 Å². The summed E-state index contributed by atoms with van der Waals surface area (Å²) in [5.41, 5.74) is 0. The van der Waals surface area contributed by atoms with Gasteiger partial charge in [0.15, 0.2) is 6.29 Å². The Bertz CT molecular complexity index is 201. The number of thioether (sulfide) groups is 1. The summed E-state index contributed by atoms with van der Waals surface area (Å²) in [7, 11) is 0. The average molecular weight is 187 g/mol. The lowest BCUT2D eigenvalue weighted by Gasteiger charge is -2.15. The molecule has 0 aromatic rings. The van der Waals surface area contributed by atoms with Crippen molar-refractivity contribution in [3.05, 3.63) is 12.2 Å². The number of nitrogens with zero attached hydrogens (tertiary/aromatic N) is 1. The molecule has 3 nitrogen and oxygen atoms in total. The Morgan fingerprint density at radius 3 is 2.92 bits per heavy atom. The van der Waals surface area contributed by atoms with Crippen LogP contribution in [0.15, 0.2) is 17.1 Å². The van der Waals surface area contributed by atoms with Crippen LogP contribution in [0.1, 0.15) is 6.42 Å². The van der Waals surface area contributed by atoms with Crippen LogP contribution in [0.5, 0.6) is 0 Å². The van der Waals surface area contributed by atoms with E-state index in [2.05, 4.69) is 4.99 Å². The highest BCUT2D eigenvalue weighted by Crippen LogP contribution is 2.15. The van der Waals surface area contributed by atoms with E-state index < -0.39 is 6.29 Å². The molecule has 0 aliphatic carbocycles. The highest BCUT2D eigenvalue weighted by atomic mass is 32.2. The Morgan fingerprint density at radius 2 is 2.50 bits per heavy atom. The molecule has 0 aromatic carbocycles. The molecule has 0 saturated carbocycles. The minimum Gasteiger partial charge on any atom is -0.368 e. The number of hydrogen-bond acceptors (Lipinski definition) is 4. The monoisotopic (exact) mass is 187 g/mol. The van der Waals surface area contributed by atoms with Crippen LogP contribution in [0.4, 0.5) is 0 Å². The Hall–Kier alpha value is -0.320. The molecule has 0 saturated heterocycles. The standard InChI is InChI=1S/C8H13NO2S/c1-12-7-3-2-6(5-9-7)4-8(10)11/h2-3,6,8,10-11H,4-5H2,1H3. The minimum absolute atomic E-state index is 0.181. The largest absolute Gasteiger partial charge is 0.368 e. The maximum absolute atomic E-state index is 8.70. The maximum Gasteiger partial charge on any atom is 0.152 e. The van der Waals surface area contributed by atoms with E-state index >= 15 is 0 Å². The van der Waals surface area contributed by atoms with Gasteiger partial charge >= 0.3 is 0 Å². The predicted molar refractivity (Wildman–Crippen MR) is 51.3 cm³/mol. The molecule has 0 bridgehead atoms. The van der Waals surface area contributed by atoms with Crippen molar-refractivity contribution in [3.8, 4) is 0 Å². The number of rotatable bonds is 2. The van der Waals surface area contributed by atoms with E-state index in [-0.39, 0.29) is 5.92 Å². The van der Waals surface area contributed by atoms with Crippen molar-refractivity contribution in [2.75, 3.05) is 12.8 Å². The summed E-state index contributed by atoms with van der Waals surface area (Å²) < 4.78 is 0. The number of aliphatic hydroxyl groups excluding tert-OH is 1. The van der Waals surface area contributed by atoms with Crippen molar-refractivity contribution in [1.82, 2.24) is 0 Å². The van der Waals surface area contributed by atoms with Gasteiger partial charge < -0.3 is 10.2 Å². The summed E-state index contributed by atoms with van der Waals surface area (Å²) >= 11 is 1.60. The van der Waals surface area contributed by atoms with Crippen LogP contribution in [-0.4, -0.2) is 34.3 Å². The number of dihydropyridines is 1. The van der Waals surface area contributed by atoms with Gasteiger partial charge in [-0.25, -0.2) is 0 Å². The molecule has 12 heavy (non-hydrogen) atoms. The molecule has 2 N–H and O–H groups in total. The van der Waals surface area contributed by atoms with Crippen molar-refractivity contribution in [2.24, 2.45) is 10.9 Å². The Morgan fingerprint density at radius 1 is 1.75 bits per heavy atom. The summed E-state index contributed by atoms with van der Waals surface area (Å²) in [6.07, 6.45) is 5.05. The van der Waals surface area contributed by atoms with E-state index in [4.69, 9.17) is 10.2 Å². The zero-order chi connectivity index (χ0) is 8.97. The second-order valence-corrected chi connectivity index (χ2v) is 3.55. The van der Waals surface area contributed by atoms with E-state index in [0.29, 0.717) is 13.0 Å². The zero-order valence-electron chi connectivity index (χ0n) is 6.97. The first-order valence-corrected chi connectivity index (χ1v) is 5.07. The van der Waals surface area contributed by atoms with Crippen LogP contribution < -0.4 is 0 Å². The lowest BCUT2D eigenvalue weighted by atomic mass is 10.0. The van der Waals surface area contributed by atoms with Crippen molar-refractivity contribution in [2.45, 2.75) is 12.7 Å². The smallest absolute Gasteiger partial charge is 0.152 e. The number of aliphatic hydroxyl groups is 2. The molecule has 1 unspecified atom stereocenters. The van der Waals surface area contributed by atoms with Gasteiger partial charge in [0.25, 0.3) is 0 Å². The second-order valence-electron chi connectivity index (χ2n) is 2.72. The normalized spacial score (nSPS) is 23.0. The third-order valence-corrected chi connectivity index (χ3v) is 2.40. The quantitative estimate of drug-likeness (QED) is 0.624. The molecule has 1 atom stereocenters. The minimum atomic E-state index is -1.22. The lowest BCUT2D eigenvalue weighted by molar-refractivity contribution is -0.0516. The van der Waals surface area contributed by atoms with E-state index in [1.165, 1.54) is 0 Å². The fourth-order valence-electron chi connectivity index (χ4n) is 1.10. The van der Waals surface area contributed by atoms with Gasteiger partial charge in [-0.1, -0.05) is 6.08 Å². The molecule has 0 amide bonds. The van der Waals surface area contributed by atoms with Crippen LogP contribution in [0.3, 0.4) is 0 Å². The molecule has 0 fully saturated rings. The molecular weight excluding hydrogens is 174 g/mol. The van der Waals surface area contributed by atoms with Crippen molar-refractivity contribution >= 4 is 16.8 Å². The third-order valence-electron chi connectivity index (χ3n) is 1.72. The number of aliphatic imine (C=N–C) groups is 1. The van der Waals surface area contributed by atoms with E-state index in [9.17, 15) is 0 Å². The SMILES string of the molecule is CSC1=NCC(CC(O)O)C=C1. The van der Waals surface area contributed by atoms with E-state index in [1.807, 2.05) is 18.4 Å². The second kappa shape index (κ2) is 4.64. The van der Waals surface area contributed by atoms with Gasteiger partial charge in [-0.15, -0.1) is 11.8 Å². The molecule has 1 heterocycles. The zero-order valence-corrected chi connectivity index (χ0v) is 7.79. The lowest BCUT2D eigenvalue weighted by Crippen LogP contribution is -2.16. The fraction of sp³-hybridized carbons (Fsp3) is 0.625. The molecule has 1 rings (SSSR count). The molecule has 4 heteroatoms. The molecule has 68 valence electrons. The molecule has 0 spiro atoms. The van der Waals surface area contributed by atoms with Gasteiger partial charge in [-0.05, 0) is 12.3 Å². The van der Waals surface area contributed by atoms with Gasteiger partial charge in [0.1, 0.15) is 0 Å². The van der Waals surface area contributed by atoms with Crippen LogP contribution in [0, 0.1) is 5.92 Å². The Balaban J connectivity index is 2.38. The van der Waals surface area contributed by atoms with Crippen LogP contribution in [0.25, 0.3) is 0 Å². The molecule has 0 aromatic heterocycles. The summed E-state index contributed by atoms with van der Waals surface area (Å²) in [5.74, 6) is 0.181. The molecule has 1 aliphatic heterocycles. The first-order chi connectivity index (χ1) is 5.72. The first-order valence-electron chi connectivity index (χ1n) is 3.85. The summed E-state index contributed by atoms with van der Waals surface area (Å²) in [6.45, 7) is 0.671. The highest BCUT2D eigenvalue weighted by molar-refractivity contribution is 8.13. The van der Waals surface area contributed by atoms with Crippen molar-refractivity contribution in [3.63, 3.8) is 0 Å². The van der Waals surface area contributed by atoms with E-state index in [1.54, 1.807) is 11.8 Å². The summed E-state index contributed by atoms with van der Waals surface area (Å²) in [4.78, 5) is 4.25. The summed E-state index contributed by atoms with van der Waals surface area (Å²) in [5, 5.41) is 18.4. The molecular formula is C8H13NO2S. The summed E-state index contributed by atoms with van der Waals surface area (Å²) in [6, 6.07) is 0. The van der Waals surface area contributed by atoms with Gasteiger partial charge in [0.05, 0.1) is 5.04 Å². The van der Waals surface area contributed by atoms with Crippen LogP contribution >= 0.6 is 11.8 Å². The molecule has 0 radical (unpaired) electrons. The topological polar surface area (TPSA) is 52.8 Å². The first kappa shape index (κ1) is 9.77. The predicted octanol–water partition coefficient (Wildman–Crippen LogP) is 0.635. The van der Waals surface area contributed by atoms with Gasteiger partial charge in [0, 0.05) is 18.9 Å². The average Bonchev–Trinajstić information content (AvgIpc) is 2.05. The van der Waals surface area contributed by atoms with Gasteiger partial charge in [-0.3, -0.25) is 4.99 Å². The van der Waals surface area contributed by atoms with Gasteiger partial charge in [-0.2, -0.15) is 0 Å². The van der Waals surface area contributed by atoms with Crippen molar-refractivity contribution < 1.29 is 10.2 Å². The Kier molecular flexibility index (Phi) is 3.78. The third kappa shape index (κ3) is 2.97. The fourth-order valence-corrected chi connectivity index (χ4v) is 1.51. The van der Waals surface area contributed by atoms with Crippen molar-refractivity contribution in [1.29, 1.82) is 0 Å². The highest BCUT2D eigenvalue weighted by Gasteiger charge is 2.12. The number of hydrogen-bond donors (Lipinski definition) is 2. The van der Waals surface area contributed by atoms with Crippen LogP contribution in [-0.2, 0) is 0 Å². The Labute approximate surface area is 76.2 Å². The van der Waals surface area contributed by atoms with Gasteiger partial charge in [0.2, 0.25) is 0 Å².